The number of amides is 2. The number of tetrazole rings is 1. The standard InChI is InChI=1S/C22H23FN6O4/c23-17-5-1-14(2-6-17)16-9-10-28(11-16)22(32)15-3-7-19(8-4-15)33-13-18(30)12-29-26-21(20(24)31)25-27-29/h1-8,16,18,30H,9-13H2,(H2,24,31)/t16-,18?/m0/s1. The van der Waals surface area contributed by atoms with E-state index in [4.69, 9.17) is 10.5 Å². The van der Waals surface area contributed by atoms with Gasteiger partial charge in [-0.3, -0.25) is 9.59 Å². The smallest absolute Gasteiger partial charge is 0.290 e. The lowest BCUT2D eigenvalue weighted by Crippen LogP contribution is -2.28. The lowest BCUT2D eigenvalue weighted by molar-refractivity contribution is 0.0788. The Morgan fingerprint density at radius 1 is 1.18 bits per heavy atom. The Bertz CT molecular complexity index is 1120. The maximum atomic E-state index is 13.1. The third kappa shape index (κ3) is 5.50. The molecule has 0 radical (unpaired) electrons. The van der Waals surface area contributed by atoms with Crippen LogP contribution in [0.15, 0.2) is 48.5 Å². The molecule has 2 aromatic carbocycles. The monoisotopic (exact) mass is 454 g/mol. The molecule has 0 aliphatic carbocycles. The zero-order chi connectivity index (χ0) is 23.4. The molecule has 3 aromatic rings. The van der Waals surface area contributed by atoms with E-state index >= 15 is 0 Å². The predicted molar refractivity (Wildman–Crippen MR) is 114 cm³/mol. The van der Waals surface area contributed by atoms with Crippen LogP contribution in [0.5, 0.6) is 5.75 Å². The lowest BCUT2D eigenvalue weighted by Gasteiger charge is -2.17. The zero-order valence-corrected chi connectivity index (χ0v) is 17.7. The van der Waals surface area contributed by atoms with Crippen molar-refractivity contribution >= 4 is 11.8 Å². The number of nitrogens with two attached hydrogens (primary N) is 1. The molecule has 1 unspecified atom stereocenters. The number of carbonyl (C=O) groups is 2. The van der Waals surface area contributed by atoms with Crippen molar-refractivity contribution in [2.24, 2.45) is 5.73 Å². The molecular weight excluding hydrogens is 431 g/mol. The highest BCUT2D eigenvalue weighted by molar-refractivity contribution is 5.94. The summed E-state index contributed by atoms with van der Waals surface area (Å²) in [6, 6.07) is 13.1. The van der Waals surface area contributed by atoms with E-state index in [-0.39, 0.29) is 36.6 Å². The number of likely N-dealkylation sites (tertiary alicyclic amines) is 1. The molecule has 1 fully saturated rings. The number of hydrogen-bond acceptors (Lipinski definition) is 7. The van der Waals surface area contributed by atoms with E-state index < -0.39 is 12.0 Å². The fraction of sp³-hybridized carbons (Fsp3) is 0.318. The first kappa shape index (κ1) is 22.3. The van der Waals surface area contributed by atoms with Crippen molar-refractivity contribution in [2.75, 3.05) is 19.7 Å². The number of primary amides is 1. The minimum Gasteiger partial charge on any atom is -0.491 e. The first-order chi connectivity index (χ1) is 15.9. The summed E-state index contributed by atoms with van der Waals surface area (Å²) in [4.78, 5) is 26.7. The van der Waals surface area contributed by atoms with Crippen LogP contribution < -0.4 is 10.5 Å². The van der Waals surface area contributed by atoms with Crippen molar-refractivity contribution in [3.05, 3.63) is 71.3 Å². The fourth-order valence-corrected chi connectivity index (χ4v) is 3.68. The van der Waals surface area contributed by atoms with Gasteiger partial charge in [0, 0.05) is 24.6 Å². The van der Waals surface area contributed by atoms with Crippen molar-refractivity contribution in [1.29, 1.82) is 0 Å². The molecule has 1 aliphatic rings. The summed E-state index contributed by atoms with van der Waals surface area (Å²) in [5.41, 5.74) is 6.62. The number of ether oxygens (including phenoxy) is 1. The average Bonchev–Trinajstić information content (AvgIpc) is 3.48. The van der Waals surface area contributed by atoms with E-state index in [1.54, 1.807) is 41.3 Å². The Labute approximate surface area is 188 Å². The molecule has 0 bridgehead atoms. The van der Waals surface area contributed by atoms with Crippen LogP contribution in [-0.2, 0) is 6.54 Å². The minimum absolute atomic E-state index is 0.0268. The van der Waals surface area contributed by atoms with Gasteiger partial charge in [0.2, 0.25) is 0 Å². The van der Waals surface area contributed by atoms with E-state index in [2.05, 4.69) is 15.4 Å². The SMILES string of the molecule is NC(=O)c1nnn(CC(O)COc2ccc(C(=O)N3CC[C@H](c4ccc(F)cc4)C3)cc2)n1. The Hall–Kier alpha value is -3.86. The van der Waals surface area contributed by atoms with Gasteiger partial charge in [-0.2, -0.15) is 4.80 Å². The first-order valence-electron chi connectivity index (χ1n) is 10.4. The van der Waals surface area contributed by atoms with Crippen LogP contribution in [0.4, 0.5) is 4.39 Å². The van der Waals surface area contributed by atoms with Crippen molar-refractivity contribution in [3.8, 4) is 5.75 Å². The quantitative estimate of drug-likeness (QED) is 0.518. The summed E-state index contributed by atoms with van der Waals surface area (Å²) >= 11 is 0. The van der Waals surface area contributed by atoms with Gasteiger partial charge in [-0.25, -0.2) is 4.39 Å². The van der Waals surface area contributed by atoms with Crippen LogP contribution in [-0.4, -0.2) is 67.8 Å². The largest absolute Gasteiger partial charge is 0.491 e. The Kier molecular flexibility index (Phi) is 6.59. The molecule has 2 heterocycles. The molecule has 1 saturated heterocycles. The second-order valence-corrected chi connectivity index (χ2v) is 7.81. The summed E-state index contributed by atoms with van der Waals surface area (Å²) in [6.07, 6.45) is -0.118. The molecule has 4 rings (SSSR count). The molecule has 2 amide bonds. The molecule has 172 valence electrons. The van der Waals surface area contributed by atoms with E-state index in [9.17, 15) is 19.1 Å². The zero-order valence-electron chi connectivity index (χ0n) is 17.7. The van der Waals surface area contributed by atoms with Gasteiger partial charge in [-0.05, 0) is 53.6 Å². The van der Waals surface area contributed by atoms with Gasteiger partial charge >= 0.3 is 0 Å². The highest BCUT2D eigenvalue weighted by Crippen LogP contribution is 2.28. The molecule has 1 aliphatic heterocycles. The molecule has 1 aromatic heterocycles. The molecule has 3 N–H and O–H groups in total. The van der Waals surface area contributed by atoms with Crippen molar-refractivity contribution < 1.29 is 23.8 Å². The van der Waals surface area contributed by atoms with Crippen LogP contribution in [0.3, 0.4) is 0 Å². The molecule has 10 nitrogen and oxygen atoms in total. The maximum Gasteiger partial charge on any atom is 0.290 e. The molecule has 2 atom stereocenters. The normalized spacial score (nSPS) is 16.5. The molecule has 0 saturated carbocycles. The van der Waals surface area contributed by atoms with Gasteiger partial charge < -0.3 is 20.5 Å². The van der Waals surface area contributed by atoms with Gasteiger partial charge in [0.25, 0.3) is 17.6 Å². The predicted octanol–water partition coefficient (Wildman–Crippen LogP) is 0.981. The summed E-state index contributed by atoms with van der Waals surface area (Å²) in [5.74, 6) is -0.704. The van der Waals surface area contributed by atoms with Gasteiger partial charge in [0.1, 0.15) is 24.3 Å². The number of nitrogens with zero attached hydrogens (tertiary/aromatic N) is 5. The number of aromatic nitrogens is 4. The molecule has 11 heteroatoms. The topological polar surface area (TPSA) is 136 Å². The number of rotatable bonds is 8. The summed E-state index contributed by atoms with van der Waals surface area (Å²) in [5, 5.41) is 20.9. The van der Waals surface area contributed by atoms with E-state index in [0.29, 0.717) is 24.4 Å². The van der Waals surface area contributed by atoms with Crippen LogP contribution in [0.25, 0.3) is 0 Å². The molecule has 33 heavy (non-hydrogen) atoms. The number of benzene rings is 2. The lowest BCUT2D eigenvalue weighted by atomic mass is 9.99. The van der Waals surface area contributed by atoms with Crippen LogP contribution >= 0.6 is 0 Å². The van der Waals surface area contributed by atoms with E-state index in [0.717, 1.165) is 16.8 Å². The van der Waals surface area contributed by atoms with Crippen LogP contribution in [0.2, 0.25) is 0 Å². The van der Waals surface area contributed by atoms with Crippen molar-refractivity contribution in [1.82, 2.24) is 25.1 Å². The van der Waals surface area contributed by atoms with Gasteiger partial charge in [-0.15, -0.1) is 10.2 Å². The second-order valence-electron chi connectivity index (χ2n) is 7.81. The highest BCUT2D eigenvalue weighted by Gasteiger charge is 2.28. The summed E-state index contributed by atoms with van der Waals surface area (Å²) in [7, 11) is 0. The number of aliphatic hydroxyl groups is 1. The van der Waals surface area contributed by atoms with E-state index in [1.165, 1.54) is 12.1 Å². The number of aliphatic hydroxyl groups excluding tert-OH is 1. The third-order valence-electron chi connectivity index (χ3n) is 5.41. The summed E-state index contributed by atoms with van der Waals surface area (Å²) in [6.45, 7) is 1.15. The van der Waals surface area contributed by atoms with E-state index in [1.807, 2.05) is 0 Å². The highest BCUT2D eigenvalue weighted by atomic mass is 19.1. The number of halogens is 1. The van der Waals surface area contributed by atoms with Gasteiger partial charge in [0.05, 0.1) is 6.54 Å². The van der Waals surface area contributed by atoms with Gasteiger partial charge in [-0.1, -0.05) is 12.1 Å². The Balaban J connectivity index is 1.27. The fourth-order valence-electron chi connectivity index (χ4n) is 3.68. The summed E-state index contributed by atoms with van der Waals surface area (Å²) < 4.78 is 18.7. The average molecular weight is 454 g/mol. The Morgan fingerprint density at radius 3 is 2.58 bits per heavy atom. The van der Waals surface area contributed by atoms with Crippen LogP contribution in [0, 0.1) is 5.82 Å². The molecular formula is C22H23FN6O4. The van der Waals surface area contributed by atoms with Crippen molar-refractivity contribution in [3.63, 3.8) is 0 Å². The maximum absolute atomic E-state index is 13.1. The third-order valence-corrected chi connectivity index (χ3v) is 5.41. The minimum atomic E-state index is -0.950. The number of hydrogen-bond donors (Lipinski definition) is 2. The first-order valence-corrected chi connectivity index (χ1v) is 10.4. The number of carbonyl (C=O) groups excluding carboxylic acids is 2. The van der Waals surface area contributed by atoms with Crippen molar-refractivity contribution in [2.45, 2.75) is 25.0 Å². The second kappa shape index (κ2) is 9.74. The molecule has 0 spiro atoms. The van der Waals surface area contributed by atoms with Crippen LogP contribution in [0.1, 0.15) is 38.9 Å². The van der Waals surface area contributed by atoms with Gasteiger partial charge in [0.15, 0.2) is 0 Å². The Morgan fingerprint density at radius 2 is 1.91 bits per heavy atom.